The Hall–Kier alpha value is -0.0800. The van der Waals surface area contributed by atoms with E-state index in [0.717, 1.165) is 0 Å². The molecule has 92 valence electrons. The molecule has 0 aromatic carbocycles. The van der Waals surface area contributed by atoms with E-state index in [2.05, 4.69) is 31.0 Å². The summed E-state index contributed by atoms with van der Waals surface area (Å²) in [6, 6.07) is 0.677. The predicted molar refractivity (Wildman–Crippen MR) is 69.4 cm³/mol. The van der Waals surface area contributed by atoms with Crippen LogP contribution in [0.15, 0.2) is 0 Å². The number of nitrogens with zero attached hydrogens (tertiary/aromatic N) is 1. The van der Waals surface area contributed by atoms with E-state index >= 15 is 0 Å². The largest absolute Gasteiger partial charge is 0.317 e. The minimum Gasteiger partial charge on any atom is -0.317 e. The van der Waals surface area contributed by atoms with E-state index in [1.807, 2.05) is 7.05 Å². The second-order valence-corrected chi connectivity index (χ2v) is 4.47. The molecule has 0 amide bonds. The van der Waals surface area contributed by atoms with Crippen LogP contribution in [0.5, 0.6) is 0 Å². The van der Waals surface area contributed by atoms with Gasteiger partial charge in [-0.1, -0.05) is 26.7 Å². The fourth-order valence-electron chi connectivity index (χ4n) is 1.74. The first-order chi connectivity index (χ1) is 7.24. The highest BCUT2D eigenvalue weighted by atomic mass is 15.1. The first kappa shape index (κ1) is 14.9. The number of hydrogen-bond acceptors (Lipinski definition) is 2. The standard InChI is InChI=1S/C13H30N2/c1-5-7-11-15(6-2)12-9-8-10-13(3)14-4/h13-14H,5-12H2,1-4H3. The quantitative estimate of drug-likeness (QED) is 0.563. The van der Waals surface area contributed by atoms with Gasteiger partial charge in [-0.05, 0) is 52.9 Å². The van der Waals surface area contributed by atoms with Gasteiger partial charge in [0, 0.05) is 6.04 Å². The van der Waals surface area contributed by atoms with Gasteiger partial charge in [-0.2, -0.15) is 0 Å². The molecule has 1 atom stereocenters. The van der Waals surface area contributed by atoms with E-state index in [4.69, 9.17) is 0 Å². The average molecular weight is 214 g/mol. The van der Waals surface area contributed by atoms with E-state index in [1.165, 1.54) is 51.7 Å². The van der Waals surface area contributed by atoms with Crippen LogP contribution in [0, 0.1) is 0 Å². The van der Waals surface area contributed by atoms with E-state index < -0.39 is 0 Å². The molecule has 1 N–H and O–H groups in total. The summed E-state index contributed by atoms with van der Waals surface area (Å²) in [5.41, 5.74) is 0. The second-order valence-electron chi connectivity index (χ2n) is 4.47. The smallest absolute Gasteiger partial charge is 0.00357 e. The molecule has 0 aromatic heterocycles. The molecule has 0 aliphatic heterocycles. The molecule has 0 spiro atoms. The fraction of sp³-hybridized carbons (Fsp3) is 1.00. The summed E-state index contributed by atoms with van der Waals surface area (Å²) in [6.45, 7) is 10.6. The van der Waals surface area contributed by atoms with Crippen molar-refractivity contribution in [2.75, 3.05) is 26.7 Å². The molecule has 0 aliphatic carbocycles. The third kappa shape index (κ3) is 8.88. The van der Waals surface area contributed by atoms with Crippen molar-refractivity contribution in [2.45, 2.75) is 58.9 Å². The minimum atomic E-state index is 0.677. The lowest BCUT2D eigenvalue weighted by Crippen LogP contribution is -2.26. The summed E-state index contributed by atoms with van der Waals surface area (Å²) in [6.07, 6.45) is 6.67. The van der Waals surface area contributed by atoms with Crippen LogP contribution in [0.2, 0.25) is 0 Å². The number of nitrogens with one attached hydrogen (secondary N) is 1. The van der Waals surface area contributed by atoms with Gasteiger partial charge >= 0.3 is 0 Å². The lowest BCUT2D eigenvalue weighted by molar-refractivity contribution is 0.275. The summed E-state index contributed by atoms with van der Waals surface area (Å²) in [4.78, 5) is 2.58. The second kappa shape index (κ2) is 10.4. The van der Waals surface area contributed by atoms with Gasteiger partial charge in [-0.3, -0.25) is 0 Å². The van der Waals surface area contributed by atoms with Crippen LogP contribution >= 0.6 is 0 Å². The van der Waals surface area contributed by atoms with Gasteiger partial charge in [0.1, 0.15) is 0 Å². The first-order valence-corrected chi connectivity index (χ1v) is 6.64. The van der Waals surface area contributed by atoms with Gasteiger partial charge < -0.3 is 10.2 Å². The van der Waals surface area contributed by atoms with Crippen LogP contribution in [-0.4, -0.2) is 37.6 Å². The van der Waals surface area contributed by atoms with Crippen molar-refractivity contribution in [1.82, 2.24) is 10.2 Å². The van der Waals surface area contributed by atoms with Crippen molar-refractivity contribution in [3.05, 3.63) is 0 Å². The zero-order valence-electron chi connectivity index (χ0n) is 11.2. The van der Waals surface area contributed by atoms with Crippen LogP contribution in [0.4, 0.5) is 0 Å². The molecule has 0 saturated carbocycles. The Morgan fingerprint density at radius 1 is 1.07 bits per heavy atom. The lowest BCUT2D eigenvalue weighted by atomic mass is 10.1. The monoisotopic (exact) mass is 214 g/mol. The van der Waals surface area contributed by atoms with Crippen molar-refractivity contribution in [3.8, 4) is 0 Å². The predicted octanol–water partition coefficient (Wildman–Crippen LogP) is 2.89. The Bertz CT molecular complexity index is 126. The molecule has 0 heterocycles. The number of hydrogen-bond donors (Lipinski definition) is 1. The molecule has 0 saturated heterocycles. The highest BCUT2D eigenvalue weighted by Gasteiger charge is 2.02. The molecular weight excluding hydrogens is 184 g/mol. The van der Waals surface area contributed by atoms with Crippen LogP contribution < -0.4 is 5.32 Å². The van der Waals surface area contributed by atoms with Crippen molar-refractivity contribution < 1.29 is 0 Å². The molecule has 0 aromatic rings. The maximum Gasteiger partial charge on any atom is 0.00357 e. The fourth-order valence-corrected chi connectivity index (χ4v) is 1.74. The van der Waals surface area contributed by atoms with Gasteiger partial charge in [0.25, 0.3) is 0 Å². The SMILES string of the molecule is CCCCN(CC)CCCCC(C)NC. The van der Waals surface area contributed by atoms with Gasteiger partial charge in [0.15, 0.2) is 0 Å². The summed E-state index contributed by atoms with van der Waals surface area (Å²) in [5.74, 6) is 0. The van der Waals surface area contributed by atoms with E-state index in [1.54, 1.807) is 0 Å². The highest BCUT2D eigenvalue weighted by molar-refractivity contribution is 4.60. The van der Waals surface area contributed by atoms with Gasteiger partial charge in [-0.25, -0.2) is 0 Å². The zero-order chi connectivity index (χ0) is 11.5. The Balaban J connectivity index is 3.37. The van der Waals surface area contributed by atoms with Crippen LogP contribution in [0.25, 0.3) is 0 Å². The molecule has 2 heteroatoms. The minimum absolute atomic E-state index is 0.677. The molecule has 0 radical (unpaired) electrons. The van der Waals surface area contributed by atoms with E-state index in [-0.39, 0.29) is 0 Å². The maximum absolute atomic E-state index is 3.29. The van der Waals surface area contributed by atoms with Crippen LogP contribution in [0.3, 0.4) is 0 Å². The van der Waals surface area contributed by atoms with Gasteiger partial charge in [0.05, 0.1) is 0 Å². The Morgan fingerprint density at radius 3 is 2.27 bits per heavy atom. The van der Waals surface area contributed by atoms with Gasteiger partial charge in [-0.15, -0.1) is 0 Å². The molecular formula is C13H30N2. The average Bonchev–Trinajstić information content (AvgIpc) is 2.27. The topological polar surface area (TPSA) is 15.3 Å². The molecule has 0 bridgehead atoms. The summed E-state index contributed by atoms with van der Waals surface area (Å²) in [7, 11) is 2.05. The summed E-state index contributed by atoms with van der Waals surface area (Å²) in [5, 5.41) is 3.29. The molecule has 15 heavy (non-hydrogen) atoms. The highest BCUT2D eigenvalue weighted by Crippen LogP contribution is 2.03. The van der Waals surface area contributed by atoms with Crippen molar-refractivity contribution in [1.29, 1.82) is 0 Å². The third-order valence-corrected chi connectivity index (χ3v) is 3.13. The van der Waals surface area contributed by atoms with Crippen molar-refractivity contribution in [3.63, 3.8) is 0 Å². The summed E-state index contributed by atoms with van der Waals surface area (Å²) >= 11 is 0. The lowest BCUT2D eigenvalue weighted by Gasteiger charge is -2.20. The molecule has 0 aliphatic rings. The van der Waals surface area contributed by atoms with Crippen molar-refractivity contribution in [2.24, 2.45) is 0 Å². The molecule has 2 nitrogen and oxygen atoms in total. The molecule has 1 unspecified atom stereocenters. The summed E-state index contributed by atoms with van der Waals surface area (Å²) < 4.78 is 0. The van der Waals surface area contributed by atoms with Crippen LogP contribution in [-0.2, 0) is 0 Å². The third-order valence-electron chi connectivity index (χ3n) is 3.13. The number of rotatable bonds is 10. The zero-order valence-corrected chi connectivity index (χ0v) is 11.2. The molecule has 0 fully saturated rings. The van der Waals surface area contributed by atoms with E-state index in [0.29, 0.717) is 6.04 Å². The normalized spacial score (nSPS) is 13.4. The van der Waals surface area contributed by atoms with Crippen molar-refractivity contribution >= 4 is 0 Å². The first-order valence-electron chi connectivity index (χ1n) is 6.64. The number of unbranched alkanes of at least 4 members (excludes halogenated alkanes) is 2. The Labute approximate surface area is 96.4 Å². The van der Waals surface area contributed by atoms with E-state index in [9.17, 15) is 0 Å². The Kier molecular flexibility index (Phi) is 10.4. The maximum atomic E-state index is 3.29. The Morgan fingerprint density at radius 2 is 1.73 bits per heavy atom. The van der Waals surface area contributed by atoms with Gasteiger partial charge in [0.2, 0.25) is 0 Å². The molecule has 0 rings (SSSR count). The van der Waals surface area contributed by atoms with Crippen LogP contribution in [0.1, 0.15) is 52.9 Å².